The molecule has 3 aromatic rings. The Bertz CT molecular complexity index is 965. The summed E-state index contributed by atoms with van der Waals surface area (Å²) in [4.78, 5) is 15.2. The van der Waals surface area contributed by atoms with Gasteiger partial charge in [0.25, 0.3) is 0 Å². The van der Waals surface area contributed by atoms with E-state index in [9.17, 15) is 4.79 Å². The quantitative estimate of drug-likeness (QED) is 0.588. The van der Waals surface area contributed by atoms with E-state index in [4.69, 9.17) is 14.6 Å². The summed E-state index contributed by atoms with van der Waals surface area (Å²) in [5.74, 6) is 0.494. The van der Waals surface area contributed by atoms with Gasteiger partial charge < -0.3 is 14.6 Å². The van der Waals surface area contributed by atoms with Crippen molar-refractivity contribution in [2.75, 3.05) is 13.2 Å². The Balaban J connectivity index is 1.66. The van der Waals surface area contributed by atoms with E-state index in [0.717, 1.165) is 22.4 Å². The van der Waals surface area contributed by atoms with Gasteiger partial charge in [-0.1, -0.05) is 18.2 Å². The molecule has 0 atom stereocenters. The molecule has 1 heterocycles. The first-order valence-corrected chi connectivity index (χ1v) is 9.45. The fourth-order valence-electron chi connectivity index (χ4n) is 2.72. The number of hydrogen-bond donors (Lipinski definition) is 1. The predicted octanol–water partition coefficient (Wildman–Crippen LogP) is 4.89. The molecule has 0 fully saturated rings. The van der Waals surface area contributed by atoms with Crippen LogP contribution in [-0.2, 0) is 0 Å². The molecule has 0 aliphatic heterocycles. The van der Waals surface area contributed by atoms with Crippen molar-refractivity contribution in [3.05, 3.63) is 64.2 Å². The third-order valence-electron chi connectivity index (χ3n) is 4.20. The summed E-state index contributed by atoms with van der Waals surface area (Å²) in [6.07, 6.45) is 0. The number of carboxylic acids is 1. The largest absolute Gasteiger partial charge is 0.490 e. The molecule has 140 valence electrons. The standard InChI is InChI=1S/C21H21NO4S/c1-13-10-14(2)15(3)19(11-13)26-9-8-25-18-7-5-4-6-16(18)20-22-17(12-27-20)21(23)24/h4-7,10-12H,8-9H2,1-3H3,(H,23,24). The number of para-hydroxylation sites is 1. The highest BCUT2D eigenvalue weighted by molar-refractivity contribution is 7.13. The van der Waals surface area contributed by atoms with Crippen LogP contribution in [0.1, 0.15) is 27.2 Å². The second-order valence-corrected chi connectivity index (χ2v) is 7.10. The molecule has 1 N–H and O–H groups in total. The van der Waals surface area contributed by atoms with Crippen LogP contribution in [0.25, 0.3) is 10.6 Å². The maximum absolute atomic E-state index is 11.0. The van der Waals surface area contributed by atoms with Gasteiger partial charge in [0.05, 0.1) is 5.56 Å². The second-order valence-electron chi connectivity index (χ2n) is 6.24. The lowest BCUT2D eigenvalue weighted by molar-refractivity contribution is 0.0691. The van der Waals surface area contributed by atoms with Gasteiger partial charge in [0.15, 0.2) is 5.69 Å². The van der Waals surface area contributed by atoms with Crippen molar-refractivity contribution in [1.29, 1.82) is 0 Å². The lowest BCUT2D eigenvalue weighted by Crippen LogP contribution is -2.10. The molecule has 27 heavy (non-hydrogen) atoms. The number of aryl methyl sites for hydroxylation is 2. The Labute approximate surface area is 162 Å². The fraction of sp³-hybridized carbons (Fsp3) is 0.238. The van der Waals surface area contributed by atoms with Gasteiger partial charge in [-0.05, 0) is 55.7 Å². The van der Waals surface area contributed by atoms with Crippen LogP contribution < -0.4 is 9.47 Å². The Hall–Kier alpha value is -2.86. The number of carboxylic acid groups (broad SMARTS) is 1. The summed E-state index contributed by atoms with van der Waals surface area (Å²) in [6.45, 7) is 6.95. The van der Waals surface area contributed by atoms with Crippen LogP contribution in [0.15, 0.2) is 41.8 Å². The smallest absolute Gasteiger partial charge is 0.355 e. The van der Waals surface area contributed by atoms with Gasteiger partial charge in [-0.15, -0.1) is 11.3 Å². The predicted molar refractivity (Wildman–Crippen MR) is 106 cm³/mol. The number of rotatable bonds is 7. The molecule has 0 amide bonds. The topological polar surface area (TPSA) is 68.7 Å². The molecule has 0 spiro atoms. The summed E-state index contributed by atoms with van der Waals surface area (Å²) in [7, 11) is 0. The lowest BCUT2D eigenvalue weighted by Gasteiger charge is -2.14. The van der Waals surface area contributed by atoms with E-state index in [0.29, 0.717) is 24.0 Å². The molecule has 0 radical (unpaired) electrons. The minimum absolute atomic E-state index is 0.0402. The number of ether oxygens (including phenoxy) is 2. The van der Waals surface area contributed by atoms with Crippen LogP contribution in [-0.4, -0.2) is 29.3 Å². The molecule has 0 unspecified atom stereocenters. The molecule has 0 aliphatic carbocycles. The third kappa shape index (κ3) is 4.46. The first-order valence-electron chi connectivity index (χ1n) is 8.57. The average molecular weight is 383 g/mol. The van der Waals surface area contributed by atoms with E-state index >= 15 is 0 Å². The molecule has 3 rings (SSSR count). The second kappa shape index (κ2) is 8.22. The maximum Gasteiger partial charge on any atom is 0.355 e. The van der Waals surface area contributed by atoms with Crippen LogP contribution in [0.2, 0.25) is 0 Å². The number of nitrogens with zero attached hydrogens (tertiary/aromatic N) is 1. The molecule has 2 aromatic carbocycles. The molecule has 6 heteroatoms. The van der Waals surface area contributed by atoms with Gasteiger partial charge in [-0.2, -0.15) is 0 Å². The highest BCUT2D eigenvalue weighted by Crippen LogP contribution is 2.32. The van der Waals surface area contributed by atoms with Crippen LogP contribution in [0.5, 0.6) is 11.5 Å². The number of hydrogen-bond acceptors (Lipinski definition) is 5. The van der Waals surface area contributed by atoms with Crippen molar-refractivity contribution in [3.63, 3.8) is 0 Å². The summed E-state index contributed by atoms with van der Waals surface area (Å²) in [6, 6.07) is 11.6. The first-order chi connectivity index (χ1) is 13.0. The highest BCUT2D eigenvalue weighted by Gasteiger charge is 2.13. The van der Waals surface area contributed by atoms with Crippen molar-refractivity contribution in [1.82, 2.24) is 4.98 Å². The van der Waals surface area contributed by atoms with Gasteiger partial charge >= 0.3 is 5.97 Å². The molecular formula is C21H21NO4S. The normalized spacial score (nSPS) is 10.6. The van der Waals surface area contributed by atoms with Gasteiger partial charge in [-0.25, -0.2) is 9.78 Å². The van der Waals surface area contributed by atoms with Crippen molar-refractivity contribution >= 4 is 17.3 Å². The zero-order valence-corrected chi connectivity index (χ0v) is 16.3. The van der Waals surface area contributed by atoms with Crippen LogP contribution in [0, 0.1) is 20.8 Å². The number of aromatic nitrogens is 1. The van der Waals surface area contributed by atoms with E-state index in [-0.39, 0.29) is 5.69 Å². The Kier molecular flexibility index (Phi) is 5.76. The minimum Gasteiger partial charge on any atom is -0.490 e. The van der Waals surface area contributed by atoms with E-state index in [1.165, 1.54) is 22.3 Å². The molecule has 0 saturated heterocycles. The zero-order chi connectivity index (χ0) is 19.4. The van der Waals surface area contributed by atoms with E-state index < -0.39 is 5.97 Å². The zero-order valence-electron chi connectivity index (χ0n) is 15.5. The molecule has 1 aromatic heterocycles. The number of thiazole rings is 1. The van der Waals surface area contributed by atoms with E-state index in [1.54, 1.807) is 0 Å². The van der Waals surface area contributed by atoms with Gasteiger partial charge in [0.1, 0.15) is 29.7 Å². The Morgan fingerprint density at radius 3 is 2.48 bits per heavy atom. The monoisotopic (exact) mass is 383 g/mol. The molecular weight excluding hydrogens is 362 g/mol. The van der Waals surface area contributed by atoms with Crippen molar-refractivity contribution < 1.29 is 19.4 Å². The van der Waals surface area contributed by atoms with Gasteiger partial charge in [-0.3, -0.25) is 0 Å². The average Bonchev–Trinajstić information content (AvgIpc) is 3.13. The summed E-state index contributed by atoms with van der Waals surface area (Å²) in [5, 5.41) is 11.2. The van der Waals surface area contributed by atoms with Crippen molar-refractivity contribution in [2.45, 2.75) is 20.8 Å². The SMILES string of the molecule is Cc1cc(C)c(C)c(OCCOc2ccccc2-c2nc(C(=O)O)cs2)c1. The van der Waals surface area contributed by atoms with Crippen molar-refractivity contribution in [2.24, 2.45) is 0 Å². The molecule has 0 saturated carbocycles. The number of benzene rings is 2. The number of carbonyl (C=O) groups is 1. The summed E-state index contributed by atoms with van der Waals surface area (Å²) >= 11 is 1.28. The minimum atomic E-state index is -1.03. The summed E-state index contributed by atoms with van der Waals surface area (Å²) < 4.78 is 11.8. The first kappa shape index (κ1) is 18.9. The van der Waals surface area contributed by atoms with Gasteiger partial charge in [0.2, 0.25) is 0 Å². The van der Waals surface area contributed by atoms with Crippen LogP contribution in [0.3, 0.4) is 0 Å². The maximum atomic E-state index is 11.0. The fourth-order valence-corrected chi connectivity index (χ4v) is 3.54. The lowest BCUT2D eigenvalue weighted by atomic mass is 10.1. The Morgan fingerprint density at radius 1 is 1.07 bits per heavy atom. The summed E-state index contributed by atoms with van der Waals surface area (Å²) in [5.41, 5.74) is 4.31. The van der Waals surface area contributed by atoms with Gasteiger partial charge in [0, 0.05) is 5.38 Å². The highest BCUT2D eigenvalue weighted by atomic mass is 32.1. The molecule has 5 nitrogen and oxygen atoms in total. The van der Waals surface area contributed by atoms with Crippen molar-refractivity contribution in [3.8, 4) is 22.1 Å². The Morgan fingerprint density at radius 2 is 1.78 bits per heavy atom. The molecule has 0 aliphatic rings. The number of aromatic carboxylic acids is 1. The molecule has 0 bridgehead atoms. The van der Waals surface area contributed by atoms with E-state index in [2.05, 4.69) is 18.0 Å². The van der Waals surface area contributed by atoms with Crippen LogP contribution >= 0.6 is 11.3 Å². The van der Waals surface area contributed by atoms with Crippen LogP contribution in [0.4, 0.5) is 0 Å². The van der Waals surface area contributed by atoms with E-state index in [1.807, 2.05) is 44.2 Å². The third-order valence-corrected chi connectivity index (χ3v) is 5.08.